The molecule has 1 atom stereocenters. The maximum atomic E-state index is 11.2. The summed E-state index contributed by atoms with van der Waals surface area (Å²) >= 11 is 5.54. The molecule has 1 unspecified atom stereocenters. The summed E-state index contributed by atoms with van der Waals surface area (Å²) in [5, 5.41) is 29.6. The van der Waals surface area contributed by atoms with Gasteiger partial charge in [0.05, 0.1) is 16.7 Å². The number of aliphatic hydroxyl groups is 1. The Kier molecular flexibility index (Phi) is 5.74. The molecule has 1 aromatic carbocycles. The summed E-state index contributed by atoms with van der Waals surface area (Å²) in [4.78, 5) is 22.4. The molecule has 0 aliphatic heterocycles. The monoisotopic (exact) mass is 317 g/mol. The Morgan fingerprint density at radius 3 is 2.62 bits per heavy atom. The van der Waals surface area contributed by atoms with Crippen molar-refractivity contribution in [2.45, 2.75) is 19.4 Å². The van der Waals surface area contributed by atoms with Crippen molar-refractivity contribution in [3.63, 3.8) is 0 Å². The predicted molar refractivity (Wildman–Crippen MR) is 79.0 cm³/mol. The second kappa shape index (κ2) is 7.09. The number of benzene rings is 1. The molecule has 9 heteroatoms. The molecule has 1 rings (SSSR count). The second-order valence-electron chi connectivity index (χ2n) is 4.47. The minimum Gasteiger partial charge on any atom is -0.465 e. The van der Waals surface area contributed by atoms with E-state index in [0.717, 1.165) is 11.0 Å². The molecule has 0 heterocycles. The molecule has 0 aliphatic rings. The molecule has 21 heavy (non-hydrogen) atoms. The van der Waals surface area contributed by atoms with Crippen LogP contribution in [0.1, 0.15) is 12.5 Å². The Balaban J connectivity index is 3.41. The fourth-order valence-electron chi connectivity index (χ4n) is 1.89. The number of nitro benzene ring substituents is 1. The fourth-order valence-corrected chi connectivity index (χ4v) is 2.06. The third-order valence-corrected chi connectivity index (χ3v) is 2.96. The Bertz CT molecular complexity index is 550. The van der Waals surface area contributed by atoms with Gasteiger partial charge in [-0.1, -0.05) is 0 Å². The maximum absolute atomic E-state index is 11.2. The van der Waals surface area contributed by atoms with Crippen LogP contribution in [0.4, 0.5) is 21.9 Å². The van der Waals surface area contributed by atoms with Gasteiger partial charge in [0.25, 0.3) is 5.69 Å². The van der Waals surface area contributed by atoms with Crippen LogP contribution >= 0.6 is 11.6 Å². The van der Waals surface area contributed by atoms with E-state index in [2.05, 4.69) is 0 Å². The largest absolute Gasteiger partial charge is 0.465 e. The first-order chi connectivity index (χ1) is 9.77. The molecule has 0 spiro atoms. The van der Waals surface area contributed by atoms with Gasteiger partial charge in [-0.2, -0.15) is 0 Å². The van der Waals surface area contributed by atoms with E-state index < -0.39 is 22.8 Å². The van der Waals surface area contributed by atoms with Crippen molar-refractivity contribution in [1.82, 2.24) is 0 Å². The van der Waals surface area contributed by atoms with Crippen LogP contribution in [-0.2, 0) is 6.42 Å². The lowest BCUT2D eigenvalue weighted by Gasteiger charge is -2.20. The molecule has 0 saturated carbocycles. The van der Waals surface area contributed by atoms with Gasteiger partial charge in [0.15, 0.2) is 0 Å². The molecular formula is C12H16ClN3O5. The lowest BCUT2D eigenvalue weighted by atomic mass is 10.0. The van der Waals surface area contributed by atoms with Crippen molar-refractivity contribution >= 4 is 34.8 Å². The van der Waals surface area contributed by atoms with Gasteiger partial charge in [-0.15, -0.1) is 11.6 Å². The SMILES string of the molecule is CC(O)Cc1cc(N(CCCl)C(=O)O)cc([N+](=O)[O-])c1N. The van der Waals surface area contributed by atoms with Crippen LogP contribution < -0.4 is 10.6 Å². The maximum Gasteiger partial charge on any atom is 0.411 e. The number of nitrogens with zero attached hydrogens (tertiary/aromatic N) is 2. The summed E-state index contributed by atoms with van der Waals surface area (Å²) in [6.45, 7) is 1.48. The van der Waals surface area contributed by atoms with Gasteiger partial charge in [-0.25, -0.2) is 4.79 Å². The Morgan fingerprint density at radius 1 is 1.57 bits per heavy atom. The first-order valence-corrected chi connectivity index (χ1v) is 6.62. The lowest BCUT2D eigenvalue weighted by Crippen LogP contribution is -2.31. The number of carbonyl (C=O) groups is 1. The lowest BCUT2D eigenvalue weighted by molar-refractivity contribution is -0.383. The van der Waals surface area contributed by atoms with Crippen molar-refractivity contribution in [2.24, 2.45) is 0 Å². The normalized spacial score (nSPS) is 12.0. The number of amides is 1. The first-order valence-electron chi connectivity index (χ1n) is 6.09. The molecule has 0 aliphatic carbocycles. The number of nitro groups is 1. The summed E-state index contributed by atoms with van der Waals surface area (Å²) in [5.41, 5.74) is 5.64. The highest BCUT2D eigenvalue weighted by atomic mass is 35.5. The standard InChI is InChI=1S/C12H16ClN3O5/c1-7(17)4-8-5-9(15(3-2-13)12(18)19)6-10(11(8)14)16(20)21/h5-7,17H,2-4,14H2,1H3,(H,18,19). The summed E-state index contributed by atoms with van der Waals surface area (Å²) in [7, 11) is 0. The highest BCUT2D eigenvalue weighted by molar-refractivity contribution is 6.18. The Hall–Kier alpha value is -2.06. The zero-order valence-electron chi connectivity index (χ0n) is 11.3. The van der Waals surface area contributed by atoms with Crippen molar-refractivity contribution in [3.8, 4) is 0 Å². The molecule has 0 saturated heterocycles. The number of aliphatic hydroxyl groups excluding tert-OH is 1. The predicted octanol–water partition coefficient (Wildman–Crippen LogP) is 1.82. The number of carboxylic acid groups (broad SMARTS) is 1. The highest BCUT2D eigenvalue weighted by Gasteiger charge is 2.23. The minimum absolute atomic E-state index is 0.0217. The summed E-state index contributed by atoms with van der Waals surface area (Å²) in [6.07, 6.45) is -1.97. The quantitative estimate of drug-likeness (QED) is 0.317. The van der Waals surface area contributed by atoms with E-state index >= 15 is 0 Å². The van der Waals surface area contributed by atoms with Crippen LogP contribution in [0.5, 0.6) is 0 Å². The molecule has 1 amide bonds. The van der Waals surface area contributed by atoms with Gasteiger partial charge in [0.1, 0.15) is 5.69 Å². The van der Waals surface area contributed by atoms with Crippen molar-refractivity contribution in [2.75, 3.05) is 23.1 Å². The Labute approximate surface area is 125 Å². The number of nitrogens with two attached hydrogens (primary N) is 1. The number of anilines is 2. The van der Waals surface area contributed by atoms with Crippen LogP contribution in [-0.4, -0.2) is 39.8 Å². The highest BCUT2D eigenvalue weighted by Crippen LogP contribution is 2.32. The molecule has 0 fully saturated rings. The molecule has 0 radical (unpaired) electrons. The smallest absolute Gasteiger partial charge is 0.411 e. The van der Waals surface area contributed by atoms with Crippen LogP contribution in [0.25, 0.3) is 0 Å². The van der Waals surface area contributed by atoms with E-state index in [0.29, 0.717) is 5.56 Å². The van der Waals surface area contributed by atoms with Crippen molar-refractivity contribution in [3.05, 3.63) is 27.8 Å². The molecule has 8 nitrogen and oxygen atoms in total. The van der Waals surface area contributed by atoms with Crippen LogP contribution in [0.15, 0.2) is 12.1 Å². The van der Waals surface area contributed by atoms with Crippen molar-refractivity contribution < 1.29 is 19.9 Å². The molecule has 0 aromatic heterocycles. The van der Waals surface area contributed by atoms with Gasteiger partial charge >= 0.3 is 6.09 Å². The number of rotatable bonds is 6. The van der Waals surface area contributed by atoms with Crippen LogP contribution in [0.2, 0.25) is 0 Å². The molecule has 4 N–H and O–H groups in total. The second-order valence-corrected chi connectivity index (χ2v) is 4.85. The van der Waals surface area contributed by atoms with E-state index in [-0.39, 0.29) is 30.2 Å². The van der Waals surface area contributed by atoms with Gasteiger partial charge in [-0.3, -0.25) is 15.0 Å². The van der Waals surface area contributed by atoms with E-state index in [9.17, 15) is 20.0 Å². The third-order valence-electron chi connectivity index (χ3n) is 2.79. The number of alkyl halides is 1. The number of hydrogen-bond donors (Lipinski definition) is 3. The number of halogens is 1. The minimum atomic E-state index is -1.28. The Morgan fingerprint density at radius 2 is 2.19 bits per heavy atom. The van der Waals surface area contributed by atoms with Gasteiger partial charge < -0.3 is 15.9 Å². The summed E-state index contributed by atoms with van der Waals surface area (Å²) in [6, 6.07) is 2.50. The van der Waals surface area contributed by atoms with Crippen LogP contribution in [0, 0.1) is 10.1 Å². The van der Waals surface area contributed by atoms with E-state index in [1.54, 1.807) is 0 Å². The average Bonchev–Trinajstić information content (AvgIpc) is 2.37. The average molecular weight is 318 g/mol. The van der Waals surface area contributed by atoms with E-state index in [1.165, 1.54) is 13.0 Å². The summed E-state index contributed by atoms with van der Waals surface area (Å²) < 4.78 is 0. The summed E-state index contributed by atoms with van der Waals surface area (Å²) in [5.74, 6) is 0.0379. The topological polar surface area (TPSA) is 130 Å². The molecular weight excluding hydrogens is 302 g/mol. The van der Waals surface area contributed by atoms with Gasteiger partial charge in [-0.05, 0) is 18.6 Å². The number of nitrogen functional groups attached to an aromatic ring is 1. The third kappa shape index (κ3) is 4.20. The van der Waals surface area contributed by atoms with Gasteiger partial charge in [0, 0.05) is 24.9 Å². The number of hydrogen-bond acceptors (Lipinski definition) is 5. The molecule has 116 valence electrons. The van der Waals surface area contributed by atoms with Crippen molar-refractivity contribution in [1.29, 1.82) is 0 Å². The first kappa shape index (κ1) is 17.0. The fraction of sp³-hybridized carbons (Fsp3) is 0.417. The van der Waals surface area contributed by atoms with Gasteiger partial charge in [0.2, 0.25) is 0 Å². The molecule has 1 aromatic rings. The van der Waals surface area contributed by atoms with E-state index in [4.69, 9.17) is 22.4 Å². The zero-order valence-corrected chi connectivity index (χ0v) is 12.1. The molecule has 0 bridgehead atoms. The van der Waals surface area contributed by atoms with Crippen LogP contribution in [0.3, 0.4) is 0 Å². The van der Waals surface area contributed by atoms with E-state index in [1.807, 2.05) is 0 Å². The zero-order chi connectivity index (χ0) is 16.2.